The third-order valence-electron chi connectivity index (χ3n) is 2.52. The first-order valence-corrected chi connectivity index (χ1v) is 5.71. The first-order chi connectivity index (χ1) is 7.56. The molecule has 1 aromatic rings. The van der Waals surface area contributed by atoms with Gasteiger partial charge < -0.3 is 9.84 Å². The Labute approximate surface area is 102 Å². The number of hydrogen-bond donors (Lipinski definition) is 1. The summed E-state index contributed by atoms with van der Waals surface area (Å²) in [7, 11) is 0. The summed E-state index contributed by atoms with van der Waals surface area (Å²) < 4.78 is 5.96. The SMILES string of the molecule is CC1(CO)CN(c2ccccc2Br)C(=O)O1. The molecule has 1 N–H and O–H groups in total. The van der Waals surface area contributed by atoms with E-state index in [4.69, 9.17) is 9.84 Å². The van der Waals surface area contributed by atoms with Crippen LogP contribution in [0.4, 0.5) is 10.5 Å². The summed E-state index contributed by atoms with van der Waals surface area (Å²) in [6, 6.07) is 7.41. The minimum Gasteiger partial charge on any atom is -0.438 e. The number of benzene rings is 1. The van der Waals surface area contributed by atoms with E-state index in [1.807, 2.05) is 24.3 Å². The second-order valence-corrected chi connectivity index (χ2v) is 4.87. The normalized spacial score (nSPS) is 24.7. The Hall–Kier alpha value is -1.07. The van der Waals surface area contributed by atoms with Gasteiger partial charge in [0.15, 0.2) is 5.60 Å². The fourth-order valence-corrected chi connectivity index (χ4v) is 2.13. The van der Waals surface area contributed by atoms with E-state index in [1.54, 1.807) is 6.92 Å². The van der Waals surface area contributed by atoms with Gasteiger partial charge in [-0.3, -0.25) is 4.90 Å². The number of hydrogen-bond acceptors (Lipinski definition) is 3. The van der Waals surface area contributed by atoms with E-state index in [-0.39, 0.29) is 6.61 Å². The molecule has 86 valence electrons. The highest BCUT2D eigenvalue weighted by Crippen LogP contribution is 2.32. The van der Waals surface area contributed by atoms with Crippen molar-refractivity contribution in [3.05, 3.63) is 28.7 Å². The van der Waals surface area contributed by atoms with Gasteiger partial charge in [-0.25, -0.2) is 4.79 Å². The number of halogens is 1. The fraction of sp³-hybridized carbons (Fsp3) is 0.364. The van der Waals surface area contributed by atoms with Crippen molar-refractivity contribution < 1.29 is 14.6 Å². The van der Waals surface area contributed by atoms with Gasteiger partial charge in [-0.2, -0.15) is 0 Å². The van der Waals surface area contributed by atoms with Crippen molar-refractivity contribution in [3.8, 4) is 0 Å². The highest BCUT2D eigenvalue weighted by molar-refractivity contribution is 9.10. The molecular formula is C11H12BrNO3. The van der Waals surface area contributed by atoms with Crippen LogP contribution in [-0.2, 0) is 4.74 Å². The highest BCUT2D eigenvalue weighted by Gasteiger charge is 2.42. The number of anilines is 1. The molecule has 1 atom stereocenters. The van der Waals surface area contributed by atoms with Crippen LogP contribution < -0.4 is 4.90 Å². The number of amides is 1. The zero-order chi connectivity index (χ0) is 11.8. The van der Waals surface area contributed by atoms with E-state index < -0.39 is 11.7 Å². The lowest BCUT2D eigenvalue weighted by Crippen LogP contribution is -2.34. The number of rotatable bonds is 2. The zero-order valence-corrected chi connectivity index (χ0v) is 10.4. The van der Waals surface area contributed by atoms with Crippen LogP contribution >= 0.6 is 15.9 Å². The maximum Gasteiger partial charge on any atom is 0.415 e. The van der Waals surface area contributed by atoms with Gasteiger partial charge in [0.1, 0.15) is 0 Å². The maximum absolute atomic E-state index is 11.7. The summed E-state index contributed by atoms with van der Waals surface area (Å²) in [5.74, 6) is 0. The summed E-state index contributed by atoms with van der Waals surface area (Å²) in [5, 5.41) is 9.16. The van der Waals surface area contributed by atoms with Crippen LogP contribution in [0.5, 0.6) is 0 Å². The molecule has 16 heavy (non-hydrogen) atoms. The van der Waals surface area contributed by atoms with Gasteiger partial charge in [0.25, 0.3) is 0 Å². The molecule has 5 heteroatoms. The van der Waals surface area contributed by atoms with E-state index in [1.165, 1.54) is 4.90 Å². The molecule has 0 aliphatic carbocycles. The molecule has 1 amide bonds. The maximum atomic E-state index is 11.7. The average molecular weight is 286 g/mol. The zero-order valence-electron chi connectivity index (χ0n) is 8.81. The largest absolute Gasteiger partial charge is 0.438 e. The van der Waals surface area contributed by atoms with E-state index >= 15 is 0 Å². The minimum absolute atomic E-state index is 0.181. The summed E-state index contributed by atoms with van der Waals surface area (Å²) in [4.78, 5) is 13.2. The Kier molecular flexibility index (Phi) is 2.90. The van der Waals surface area contributed by atoms with Crippen molar-refractivity contribution in [1.29, 1.82) is 0 Å². The molecule has 0 spiro atoms. The predicted molar refractivity (Wildman–Crippen MR) is 63.5 cm³/mol. The molecule has 0 aromatic heterocycles. The van der Waals surface area contributed by atoms with E-state index in [0.717, 1.165) is 10.2 Å². The van der Waals surface area contributed by atoms with Crippen LogP contribution in [0.25, 0.3) is 0 Å². The third-order valence-corrected chi connectivity index (χ3v) is 3.19. The highest BCUT2D eigenvalue weighted by atomic mass is 79.9. The van der Waals surface area contributed by atoms with Crippen molar-refractivity contribution >= 4 is 27.7 Å². The lowest BCUT2D eigenvalue weighted by Gasteiger charge is -2.18. The van der Waals surface area contributed by atoms with Gasteiger partial charge in [0, 0.05) is 4.47 Å². The lowest BCUT2D eigenvalue weighted by molar-refractivity contribution is 0.0219. The Bertz CT molecular complexity index is 423. The van der Waals surface area contributed by atoms with Crippen molar-refractivity contribution in [2.24, 2.45) is 0 Å². The van der Waals surface area contributed by atoms with E-state index in [9.17, 15) is 4.79 Å². The predicted octanol–water partition coefficient (Wildman–Crippen LogP) is 2.16. The topological polar surface area (TPSA) is 49.8 Å². The number of ether oxygens (including phenoxy) is 1. The summed E-state index contributed by atoms with van der Waals surface area (Å²) in [5.41, 5.74) is -0.0588. The number of aliphatic hydroxyl groups is 1. The molecule has 0 saturated carbocycles. The molecule has 2 rings (SSSR count). The molecule has 0 radical (unpaired) electrons. The molecule has 0 bridgehead atoms. The molecule has 1 fully saturated rings. The van der Waals surface area contributed by atoms with Crippen molar-refractivity contribution in [2.75, 3.05) is 18.1 Å². The number of carbonyl (C=O) groups is 1. The van der Waals surface area contributed by atoms with Gasteiger partial charge in [0.2, 0.25) is 0 Å². The number of para-hydroxylation sites is 1. The standard InChI is InChI=1S/C11H12BrNO3/c1-11(7-14)6-13(10(15)16-11)9-5-3-2-4-8(9)12/h2-5,14H,6-7H2,1H3. The number of nitrogens with zero attached hydrogens (tertiary/aromatic N) is 1. The molecule has 1 unspecified atom stereocenters. The Balaban J connectivity index is 2.31. The molecule has 1 heterocycles. The second-order valence-electron chi connectivity index (χ2n) is 4.01. The Morgan fingerprint density at radius 1 is 1.56 bits per heavy atom. The van der Waals surface area contributed by atoms with Gasteiger partial charge in [0.05, 0.1) is 18.8 Å². The smallest absolute Gasteiger partial charge is 0.415 e. The second kappa shape index (κ2) is 4.07. The van der Waals surface area contributed by atoms with Crippen molar-refractivity contribution in [2.45, 2.75) is 12.5 Å². The first-order valence-electron chi connectivity index (χ1n) is 4.92. The van der Waals surface area contributed by atoms with Crippen LogP contribution in [0.1, 0.15) is 6.92 Å². The van der Waals surface area contributed by atoms with E-state index in [0.29, 0.717) is 6.54 Å². The Morgan fingerprint density at radius 3 is 2.81 bits per heavy atom. The van der Waals surface area contributed by atoms with Crippen molar-refractivity contribution in [3.63, 3.8) is 0 Å². The number of carbonyl (C=O) groups excluding carboxylic acids is 1. The van der Waals surface area contributed by atoms with Crippen LogP contribution in [-0.4, -0.2) is 30.0 Å². The number of cyclic esters (lactones) is 1. The summed E-state index contributed by atoms with van der Waals surface area (Å²) >= 11 is 3.38. The van der Waals surface area contributed by atoms with Gasteiger partial charge in [-0.1, -0.05) is 12.1 Å². The molecule has 1 aromatic carbocycles. The van der Waals surface area contributed by atoms with Gasteiger partial charge in [-0.15, -0.1) is 0 Å². The van der Waals surface area contributed by atoms with Gasteiger partial charge in [-0.05, 0) is 35.0 Å². The number of aliphatic hydroxyl groups excluding tert-OH is 1. The van der Waals surface area contributed by atoms with Crippen molar-refractivity contribution in [1.82, 2.24) is 0 Å². The minimum atomic E-state index is -0.813. The third kappa shape index (κ3) is 1.92. The lowest BCUT2D eigenvalue weighted by atomic mass is 10.1. The van der Waals surface area contributed by atoms with Crippen LogP contribution in [0, 0.1) is 0 Å². The van der Waals surface area contributed by atoms with Crippen LogP contribution in [0.15, 0.2) is 28.7 Å². The monoisotopic (exact) mass is 285 g/mol. The van der Waals surface area contributed by atoms with Gasteiger partial charge >= 0.3 is 6.09 Å². The molecule has 4 nitrogen and oxygen atoms in total. The van der Waals surface area contributed by atoms with Crippen LogP contribution in [0.2, 0.25) is 0 Å². The molecular weight excluding hydrogens is 274 g/mol. The molecule has 1 aliphatic rings. The molecule has 1 saturated heterocycles. The quantitative estimate of drug-likeness (QED) is 0.906. The summed E-state index contributed by atoms with van der Waals surface area (Å²) in [6.45, 7) is 1.88. The average Bonchev–Trinajstić information content (AvgIpc) is 2.56. The summed E-state index contributed by atoms with van der Waals surface area (Å²) in [6.07, 6.45) is -0.427. The van der Waals surface area contributed by atoms with Crippen LogP contribution in [0.3, 0.4) is 0 Å². The first kappa shape index (κ1) is 11.4. The fourth-order valence-electron chi connectivity index (χ4n) is 1.63. The van der Waals surface area contributed by atoms with E-state index in [2.05, 4.69) is 15.9 Å². The molecule has 1 aliphatic heterocycles. The Morgan fingerprint density at radius 2 is 2.25 bits per heavy atom.